The van der Waals surface area contributed by atoms with Gasteiger partial charge in [-0.15, -0.1) is 0 Å². The van der Waals surface area contributed by atoms with Crippen LogP contribution in [0.15, 0.2) is 53.7 Å². The number of nitrogens with two attached hydrogens (primary N) is 1. The van der Waals surface area contributed by atoms with Gasteiger partial charge in [0.15, 0.2) is 5.03 Å². The van der Waals surface area contributed by atoms with Gasteiger partial charge in [-0.3, -0.25) is 4.79 Å². The number of nitrogens with zero attached hydrogens (tertiary/aromatic N) is 3. The van der Waals surface area contributed by atoms with Crippen molar-refractivity contribution in [3.8, 4) is 0 Å². The molecule has 3 aromatic heterocycles. The second kappa shape index (κ2) is 8.90. The first-order valence-electron chi connectivity index (χ1n) is 10.9. The van der Waals surface area contributed by atoms with Crippen molar-refractivity contribution in [3.63, 3.8) is 0 Å². The molecule has 0 radical (unpaired) electrons. The lowest BCUT2D eigenvalue weighted by Crippen LogP contribution is -2.33. The molecule has 34 heavy (non-hydrogen) atoms. The molecule has 0 fully saturated rings. The maximum Gasteiger partial charge on any atom is 0.281 e. The molecule has 0 unspecified atom stereocenters. The van der Waals surface area contributed by atoms with Gasteiger partial charge in [-0.2, -0.15) is 8.42 Å². The summed E-state index contributed by atoms with van der Waals surface area (Å²) in [5.41, 5.74) is 11.8. The highest BCUT2D eigenvalue weighted by Gasteiger charge is 2.24. The van der Waals surface area contributed by atoms with E-state index in [0.717, 1.165) is 39.6 Å². The van der Waals surface area contributed by atoms with Gasteiger partial charge in [-0.05, 0) is 73.7 Å². The van der Waals surface area contributed by atoms with Crippen molar-refractivity contribution in [2.24, 2.45) is 0 Å². The third-order valence-electron chi connectivity index (χ3n) is 5.84. The molecule has 176 valence electrons. The van der Waals surface area contributed by atoms with Crippen molar-refractivity contribution >= 4 is 32.8 Å². The molecule has 1 aromatic carbocycles. The number of sulfonamides is 1. The monoisotopic (exact) mass is 477 g/mol. The van der Waals surface area contributed by atoms with Crippen LogP contribution in [-0.4, -0.2) is 28.9 Å². The van der Waals surface area contributed by atoms with Gasteiger partial charge in [0.1, 0.15) is 17.2 Å². The number of anilines is 1. The lowest BCUT2D eigenvalue weighted by Gasteiger charge is -2.15. The average molecular weight is 478 g/mol. The highest BCUT2D eigenvalue weighted by Crippen LogP contribution is 2.25. The van der Waals surface area contributed by atoms with Gasteiger partial charge in [0.25, 0.3) is 15.9 Å². The molecule has 0 aliphatic heterocycles. The summed E-state index contributed by atoms with van der Waals surface area (Å²) in [5, 5.41) is 0.450. The summed E-state index contributed by atoms with van der Waals surface area (Å²) in [6.45, 7) is 8.49. The Kier molecular flexibility index (Phi) is 6.14. The number of rotatable bonds is 6. The van der Waals surface area contributed by atoms with E-state index in [2.05, 4.69) is 26.8 Å². The van der Waals surface area contributed by atoms with Crippen LogP contribution in [-0.2, 0) is 23.0 Å². The van der Waals surface area contributed by atoms with Crippen LogP contribution in [0.3, 0.4) is 0 Å². The number of carbonyl (C=O) groups is 1. The Balaban J connectivity index is 1.81. The van der Waals surface area contributed by atoms with E-state index in [-0.39, 0.29) is 16.5 Å². The Hall–Kier alpha value is -3.72. The van der Waals surface area contributed by atoms with Crippen LogP contribution in [0.2, 0.25) is 0 Å². The number of hydrogen-bond acceptors (Lipinski definition) is 6. The van der Waals surface area contributed by atoms with Crippen molar-refractivity contribution in [3.05, 3.63) is 82.2 Å². The molecule has 0 atom stereocenters. The normalized spacial score (nSPS) is 11.6. The Bertz CT molecular complexity index is 1500. The minimum Gasteiger partial charge on any atom is -0.384 e. The molecular formula is C25H27N5O3S. The molecule has 4 aromatic rings. The number of fused-ring (bicyclic) bond motifs is 1. The molecule has 0 saturated heterocycles. The van der Waals surface area contributed by atoms with Gasteiger partial charge in [0, 0.05) is 11.6 Å². The summed E-state index contributed by atoms with van der Waals surface area (Å²) in [7, 11) is -4.22. The standard InChI is InChI=1S/C25H27N5O3S/c1-5-18-11-19-12-21(25(31)29-34(32,33)23-8-6-7-22(26)28-23)30(24(19)27-13-18)14-20-16(3)9-15(2)10-17(20)4/h6-13H,5,14H2,1-4H3,(H2,26,28)(H,29,31). The van der Waals surface area contributed by atoms with Crippen LogP contribution in [0.5, 0.6) is 0 Å². The molecule has 0 spiro atoms. The van der Waals surface area contributed by atoms with Crippen LogP contribution in [0.1, 0.15) is 45.2 Å². The van der Waals surface area contributed by atoms with Gasteiger partial charge < -0.3 is 10.3 Å². The van der Waals surface area contributed by atoms with Crippen LogP contribution in [0, 0.1) is 20.8 Å². The number of nitrogen functional groups attached to an aromatic ring is 1. The molecule has 3 heterocycles. The Morgan fingerprint density at radius 2 is 1.79 bits per heavy atom. The quantitative estimate of drug-likeness (QED) is 0.437. The SMILES string of the molecule is CCc1cnc2c(c1)cc(C(=O)NS(=O)(=O)c1cccc(N)n1)n2Cc1c(C)cc(C)cc1C. The lowest BCUT2D eigenvalue weighted by molar-refractivity contribution is 0.0973. The number of pyridine rings is 2. The molecule has 3 N–H and O–H groups in total. The summed E-state index contributed by atoms with van der Waals surface area (Å²) < 4.78 is 29.5. The molecule has 0 aliphatic carbocycles. The van der Waals surface area contributed by atoms with Gasteiger partial charge in [0.2, 0.25) is 0 Å². The molecule has 0 aliphatic rings. The predicted molar refractivity (Wildman–Crippen MR) is 132 cm³/mol. The van der Waals surface area contributed by atoms with Crippen molar-refractivity contribution in [2.75, 3.05) is 5.73 Å². The van der Waals surface area contributed by atoms with E-state index < -0.39 is 15.9 Å². The molecule has 4 rings (SSSR count). The predicted octanol–water partition coefficient (Wildman–Crippen LogP) is 3.67. The van der Waals surface area contributed by atoms with E-state index in [4.69, 9.17) is 5.73 Å². The molecule has 8 nitrogen and oxygen atoms in total. The summed E-state index contributed by atoms with van der Waals surface area (Å²) in [5.74, 6) is -0.714. The molecule has 0 saturated carbocycles. The fraction of sp³-hybridized carbons (Fsp3) is 0.240. The highest BCUT2D eigenvalue weighted by atomic mass is 32.2. The van der Waals surface area contributed by atoms with E-state index in [1.165, 1.54) is 18.2 Å². The second-order valence-electron chi connectivity index (χ2n) is 8.44. The fourth-order valence-electron chi connectivity index (χ4n) is 4.16. The maximum atomic E-state index is 13.3. The van der Waals surface area contributed by atoms with E-state index in [0.29, 0.717) is 12.2 Å². The smallest absolute Gasteiger partial charge is 0.281 e. The highest BCUT2D eigenvalue weighted by molar-refractivity contribution is 7.90. The summed E-state index contributed by atoms with van der Waals surface area (Å²) in [6, 6.07) is 12.1. The number of nitrogens with one attached hydrogen (secondary N) is 1. The summed E-state index contributed by atoms with van der Waals surface area (Å²) >= 11 is 0. The lowest BCUT2D eigenvalue weighted by atomic mass is 10.00. The number of benzene rings is 1. The minimum atomic E-state index is -4.22. The van der Waals surface area contributed by atoms with Crippen LogP contribution in [0.25, 0.3) is 11.0 Å². The number of carbonyl (C=O) groups excluding carboxylic acids is 1. The van der Waals surface area contributed by atoms with Gasteiger partial charge in [-0.1, -0.05) is 30.7 Å². The average Bonchev–Trinajstić information content (AvgIpc) is 3.13. The number of amides is 1. The molecule has 1 amide bonds. The van der Waals surface area contributed by atoms with Gasteiger partial charge >= 0.3 is 0 Å². The van der Waals surface area contributed by atoms with E-state index in [9.17, 15) is 13.2 Å². The van der Waals surface area contributed by atoms with Crippen molar-refractivity contribution in [2.45, 2.75) is 45.7 Å². The van der Waals surface area contributed by atoms with Crippen LogP contribution in [0.4, 0.5) is 5.82 Å². The van der Waals surface area contributed by atoms with E-state index in [1.54, 1.807) is 16.8 Å². The van der Waals surface area contributed by atoms with Crippen LogP contribution < -0.4 is 10.5 Å². The fourth-order valence-corrected chi connectivity index (χ4v) is 5.09. The zero-order valence-electron chi connectivity index (χ0n) is 19.6. The first-order chi connectivity index (χ1) is 16.1. The Morgan fingerprint density at radius 3 is 2.44 bits per heavy atom. The zero-order chi connectivity index (χ0) is 24.6. The molecule has 9 heteroatoms. The van der Waals surface area contributed by atoms with Crippen molar-refractivity contribution in [1.82, 2.24) is 19.3 Å². The Labute approximate surface area is 198 Å². The van der Waals surface area contributed by atoms with Gasteiger partial charge in [-0.25, -0.2) is 14.7 Å². The maximum absolute atomic E-state index is 13.3. The number of hydrogen-bond donors (Lipinski definition) is 2. The van der Waals surface area contributed by atoms with E-state index in [1.807, 2.05) is 33.8 Å². The molecular weight excluding hydrogens is 450 g/mol. The zero-order valence-corrected chi connectivity index (χ0v) is 20.4. The third kappa shape index (κ3) is 4.51. The first-order valence-corrected chi connectivity index (χ1v) is 12.4. The van der Waals surface area contributed by atoms with Crippen LogP contribution >= 0.6 is 0 Å². The first kappa shape index (κ1) is 23.4. The topological polar surface area (TPSA) is 120 Å². The van der Waals surface area contributed by atoms with Crippen molar-refractivity contribution < 1.29 is 13.2 Å². The van der Waals surface area contributed by atoms with Crippen molar-refractivity contribution in [1.29, 1.82) is 0 Å². The molecule has 0 bridgehead atoms. The Morgan fingerprint density at radius 1 is 1.09 bits per heavy atom. The van der Waals surface area contributed by atoms with Gasteiger partial charge in [0.05, 0.1) is 6.54 Å². The summed E-state index contributed by atoms with van der Waals surface area (Å²) in [4.78, 5) is 21.7. The minimum absolute atomic E-state index is 0.0473. The van der Waals surface area contributed by atoms with E-state index >= 15 is 0 Å². The largest absolute Gasteiger partial charge is 0.384 e. The summed E-state index contributed by atoms with van der Waals surface area (Å²) in [6.07, 6.45) is 2.57. The second-order valence-corrected chi connectivity index (χ2v) is 10.1. The third-order valence-corrected chi connectivity index (χ3v) is 7.07. The number of aryl methyl sites for hydroxylation is 4. The number of aromatic nitrogens is 3.